The van der Waals surface area contributed by atoms with Crippen LogP contribution in [0.2, 0.25) is 0 Å². The highest BCUT2D eigenvalue weighted by atomic mass is 16.2. The van der Waals surface area contributed by atoms with Crippen molar-refractivity contribution >= 4 is 17.3 Å². The first-order valence-corrected chi connectivity index (χ1v) is 8.76. The van der Waals surface area contributed by atoms with Crippen molar-refractivity contribution < 1.29 is 4.79 Å². The van der Waals surface area contributed by atoms with E-state index < -0.39 is 0 Å². The van der Waals surface area contributed by atoms with Crippen LogP contribution < -0.4 is 10.2 Å². The number of carbonyl (C=O) groups is 1. The lowest BCUT2D eigenvalue weighted by molar-refractivity contribution is -0.120. The van der Waals surface area contributed by atoms with E-state index in [2.05, 4.69) is 45.5 Å². The first-order valence-electron chi connectivity index (χ1n) is 8.76. The van der Waals surface area contributed by atoms with Crippen LogP contribution in [-0.4, -0.2) is 37.5 Å². The number of benzene rings is 2. The van der Waals surface area contributed by atoms with E-state index in [-0.39, 0.29) is 11.9 Å². The summed E-state index contributed by atoms with van der Waals surface area (Å²) < 4.78 is 0. The molecule has 5 nitrogen and oxygen atoms in total. The highest BCUT2D eigenvalue weighted by Crippen LogP contribution is 2.16. The largest absolute Gasteiger partial charge is 0.378 e. The van der Waals surface area contributed by atoms with E-state index in [1.54, 1.807) is 24.3 Å². The van der Waals surface area contributed by atoms with Crippen molar-refractivity contribution in [1.29, 1.82) is 5.26 Å². The summed E-state index contributed by atoms with van der Waals surface area (Å²) in [4.78, 5) is 16.8. The molecule has 0 unspecified atom stereocenters. The molecule has 0 saturated carbocycles. The van der Waals surface area contributed by atoms with E-state index in [1.165, 1.54) is 5.56 Å². The van der Waals surface area contributed by atoms with Crippen molar-refractivity contribution in [3.63, 3.8) is 0 Å². The smallest absolute Gasteiger partial charge is 0.241 e. The van der Waals surface area contributed by atoms with E-state index in [4.69, 9.17) is 5.26 Å². The molecular formula is C21H26N4O. The van der Waals surface area contributed by atoms with Crippen molar-refractivity contribution in [2.24, 2.45) is 0 Å². The highest BCUT2D eigenvalue weighted by molar-refractivity contribution is 5.94. The lowest BCUT2D eigenvalue weighted by Gasteiger charge is -2.27. The fourth-order valence-electron chi connectivity index (χ4n) is 2.74. The maximum atomic E-state index is 12.6. The van der Waals surface area contributed by atoms with Gasteiger partial charge in [-0.2, -0.15) is 5.26 Å². The normalized spacial score (nSPS) is 11.7. The Morgan fingerprint density at radius 3 is 2.46 bits per heavy atom. The Kier molecular flexibility index (Phi) is 6.76. The second-order valence-electron chi connectivity index (χ2n) is 6.48. The molecule has 136 valence electrons. The number of nitrogens with one attached hydrogen (secondary N) is 1. The lowest BCUT2D eigenvalue weighted by atomic mass is 10.1. The number of nitriles is 1. The average molecular weight is 350 g/mol. The number of rotatable bonds is 7. The Morgan fingerprint density at radius 1 is 1.19 bits per heavy atom. The number of likely N-dealkylation sites (N-methyl/N-ethyl adjacent to an activating group) is 1. The van der Waals surface area contributed by atoms with Gasteiger partial charge in [0.15, 0.2) is 0 Å². The molecule has 0 aliphatic rings. The zero-order chi connectivity index (χ0) is 19.1. The molecule has 1 N–H and O–H groups in total. The summed E-state index contributed by atoms with van der Waals surface area (Å²) in [5, 5.41) is 11.9. The SMILES string of the molecule is CCN(Cc1ccc(N(C)C)cc1)[C@@H](C)C(=O)Nc1cccc(C#N)c1. The molecule has 26 heavy (non-hydrogen) atoms. The maximum absolute atomic E-state index is 12.6. The van der Waals surface area contributed by atoms with Crippen LogP contribution in [0.3, 0.4) is 0 Å². The van der Waals surface area contributed by atoms with Crippen LogP contribution in [0, 0.1) is 11.3 Å². The Hall–Kier alpha value is -2.84. The fraction of sp³-hybridized carbons (Fsp3) is 0.333. The second-order valence-corrected chi connectivity index (χ2v) is 6.48. The maximum Gasteiger partial charge on any atom is 0.241 e. The molecule has 0 aliphatic heterocycles. The number of nitrogens with zero attached hydrogens (tertiary/aromatic N) is 3. The Balaban J connectivity index is 2.03. The van der Waals surface area contributed by atoms with Crippen molar-refractivity contribution in [3.05, 3.63) is 59.7 Å². The van der Waals surface area contributed by atoms with Crippen LogP contribution in [0.15, 0.2) is 48.5 Å². The highest BCUT2D eigenvalue weighted by Gasteiger charge is 2.20. The van der Waals surface area contributed by atoms with E-state index in [9.17, 15) is 4.79 Å². The van der Waals surface area contributed by atoms with Gasteiger partial charge in [-0.05, 0) is 49.4 Å². The molecule has 2 aromatic carbocycles. The summed E-state index contributed by atoms with van der Waals surface area (Å²) in [5.74, 6) is -0.0770. The minimum Gasteiger partial charge on any atom is -0.378 e. The third kappa shape index (κ3) is 5.08. The summed E-state index contributed by atoms with van der Waals surface area (Å²) >= 11 is 0. The van der Waals surface area contributed by atoms with Crippen LogP contribution >= 0.6 is 0 Å². The third-order valence-corrected chi connectivity index (χ3v) is 4.43. The van der Waals surface area contributed by atoms with Crippen molar-refractivity contribution in [1.82, 2.24) is 4.90 Å². The third-order valence-electron chi connectivity index (χ3n) is 4.43. The van der Waals surface area contributed by atoms with Gasteiger partial charge in [0.2, 0.25) is 5.91 Å². The Morgan fingerprint density at radius 2 is 1.88 bits per heavy atom. The van der Waals surface area contributed by atoms with Crippen molar-refractivity contribution in [3.8, 4) is 6.07 Å². The van der Waals surface area contributed by atoms with Crippen LogP contribution in [0.25, 0.3) is 0 Å². The fourth-order valence-corrected chi connectivity index (χ4v) is 2.74. The molecule has 0 spiro atoms. The number of anilines is 2. The predicted molar refractivity (Wildman–Crippen MR) is 106 cm³/mol. The molecule has 0 aromatic heterocycles. The quantitative estimate of drug-likeness (QED) is 0.831. The number of carbonyl (C=O) groups excluding carboxylic acids is 1. The van der Waals surface area contributed by atoms with Gasteiger partial charge in [-0.3, -0.25) is 9.69 Å². The standard InChI is InChI=1S/C21H26N4O/c1-5-25(15-17-9-11-20(12-10-17)24(3)4)16(2)21(26)23-19-8-6-7-18(13-19)14-22/h6-13,16H,5,15H2,1-4H3,(H,23,26)/t16-/m0/s1. The number of amides is 1. The zero-order valence-corrected chi connectivity index (χ0v) is 15.9. The van der Waals surface area contributed by atoms with Gasteiger partial charge in [0, 0.05) is 32.0 Å². The predicted octanol–water partition coefficient (Wildman–Crippen LogP) is 3.47. The van der Waals surface area contributed by atoms with Crippen LogP contribution in [0.4, 0.5) is 11.4 Å². The van der Waals surface area contributed by atoms with E-state index in [0.29, 0.717) is 17.8 Å². The molecule has 0 fully saturated rings. The molecule has 2 aromatic rings. The van der Waals surface area contributed by atoms with Crippen LogP contribution in [-0.2, 0) is 11.3 Å². The van der Waals surface area contributed by atoms with E-state index >= 15 is 0 Å². The summed E-state index contributed by atoms with van der Waals surface area (Å²) in [6, 6.07) is 17.1. The van der Waals surface area contributed by atoms with Gasteiger partial charge in [-0.1, -0.05) is 25.1 Å². The van der Waals surface area contributed by atoms with E-state index in [0.717, 1.165) is 12.2 Å². The van der Waals surface area contributed by atoms with Gasteiger partial charge in [0.1, 0.15) is 0 Å². The van der Waals surface area contributed by atoms with Gasteiger partial charge in [0.05, 0.1) is 17.7 Å². The molecule has 1 amide bonds. The molecule has 0 heterocycles. The second kappa shape index (κ2) is 9.02. The Labute approximate surface area is 155 Å². The first kappa shape index (κ1) is 19.5. The van der Waals surface area contributed by atoms with Gasteiger partial charge in [-0.15, -0.1) is 0 Å². The summed E-state index contributed by atoms with van der Waals surface area (Å²) in [6.45, 7) is 5.43. The van der Waals surface area contributed by atoms with Gasteiger partial charge in [-0.25, -0.2) is 0 Å². The van der Waals surface area contributed by atoms with E-state index in [1.807, 2.05) is 27.9 Å². The monoisotopic (exact) mass is 350 g/mol. The topological polar surface area (TPSA) is 59.4 Å². The van der Waals surface area contributed by atoms with Crippen molar-refractivity contribution in [2.75, 3.05) is 30.9 Å². The first-order chi connectivity index (χ1) is 12.4. The molecule has 0 aliphatic carbocycles. The number of hydrogen-bond acceptors (Lipinski definition) is 4. The molecule has 1 atom stereocenters. The van der Waals surface area contributed by atoms with Gasteiger partial charge >= 0.3 is 0 Å². The molecular weight excluding hydrogens is 324 g/mol. The lowest BCUT2D eigenvalue weighted by Crippen LogP contribution is -2.41. The van der Waals surface area contributed by atoms with Gasteiger partial charge in [0.25, 0.3) is 0 Å². The molecule has 2 rings (SSSR count). The van der Waals surface area contributed by atoms with Crippen LogP contribution in [0.1, 0.15) is 25.0 Å². The summed E-state index contributed by atoms with van der Waals surface area (Å²) in [7, 11) is 4.03. The average Bonchev–Trinajstić information content (AvgIpc) is 2.66. The molecule has 5 heteroatoms. The minimum atomic E-state index is -0.278. The Bertz CT molecular complexity index is 777. The zero-order valence-electron chi connectivity index (χ0n) is 15.9. The summed E-state index contributed by atoms with van der Waals surface area (Å²) in [5.41, 5.74) is 3.50. The molecule has 0 radical (unpaired) electrons. The minimum absolute atomic E-state index is 0.0770. The molecule has 0 saturated heterocycles. The van der Waals surface area contributed by atoms with Crippen LogP contribution in [0.5, 0.6) is 0 Å². The number of hydrogen-bond donors (Lipinski definition) is 1. The van der Waals surface area contributed by atoms with Crippen molar-refractivity contribution in [2.45, 2.75) is 26.4 Å². The summed E-state index contributed by atoms with van der Waals surface area (Å²) in [6.07, 6.45) is 0. The molecule has 0 bridgehead atoms. The van der Waals surface area contributed by atoms with Gasteiger partial charge < -0.3 is 10.2 Å².